The van der Waals surface area contributed by atoms with Gasteiger partial charge in [0.1, 0.15) is 7.85 Å². The molecule has 0 amide bonds. The summed E-state index contributed by atoms with van der Waals surface area (Å²) in [6.45, 7) is 8.29. The monoisotopic (exact) mass is 108 g/mol. The first-order chi connectivity index (χ1) is 3.42. The van der Waals surface area contributed by atoms with Crippen molar-refractivity contribution in [3.8, 4) is 0 Å². The Morgan fingerprint density at radius 3 is 1.75 bits per heavy atom. The summed E-state index contributed by atoms with van der Waals surface area (Å²) in [6.07, 6.45) is 2.05. The fraction of sp³-hybridized carbons (Fsp3) is 0.714. The molecule has 44 valence electrons. The van der Waals surface area contributed by atoms with Crippen molar-refractivity contribution < 1.29 is 0 Å². The van der Waals surface area contributed by atoms with Gasteiger partial charge in [-0.05, 0) is 5.41 Å². The van der Waals surface area contributed by atoms with E-state index in [2.05, 4.69) is 20.8 Å². The Balaban J connectivity index is 3.89. The zero-order chi connectivity index (χ0) is 6.78. The molecule has 0 N–H and O–H groups in total. The molecule has 8 heavy (non-hydrogen) atoms. The standard InChI is InChI=1S/C7H13B/c1-6(8)5-7(2,3)4/h5H,1-4H3/b6-5-. The van der Waals surface area contributed by atoms with Crippen LogP contribution < -0.4 is 0 Å². The highest BCUT2D eigenvalue weighted by atomic mass is 14.1. The molecular weight excluding hydrogens is 94.9 g/mol. The van der Waals surface area contributed by atoms with E-state index in [4.69, 9.17) is 7.85 Å². The lowest BCUT2D eigenvalue weighted by atomic mass is 9.87. The van der Waals surface area contributed by atoms with E-state index in [0.29, 0.717) is 0 Å². The van der Waals surface area contributed by atoms with Crippen molar-refractivity contribution in [2.24, 2.45) is 5.41 Å². The van der Waals surface area contributed by atoms with E-state index >= 15 is 0 Å². The van der Waals surface area contributed by atoms with Crippen molar-refractivity contribution >= 4 is 7.85 Å². The van der Waals surface area contributed by atoms with Gasteiger partial charge in [-0.2, -0.15) is 0 Å². The third-order valence-electron chi connectivity index (χ3n) is 0.661. The number of rotatable bonds is 0. The van der Waals surface area contributed by atoms with Crippen LogP contribution in [0.4, 0.5) is 0 Å². The van der Waals surface area contributed by atoms with Crippen molar-refractivity contribution in [1.82, 2.24) is 0 Å². The summed E-state index contributed by atoms with van der Waals surface area (Å²) >= 11 is 0. The van der Waals surface area contributed by atoms with E-state index in [0.717, 1.165) is 5.47 Å². The third-order valence-corrected chi connectivity index (χ3v) is 0.661. The van der Waals surface area contributed by atoms with Crippen LogP contribution in [0, 0.1) is 5.41 Å². The zero-order valence-electron chi connectivity index (χ0n) is 6.15. The molecule has 0 saturated carbocycles. The molecule has 1 heteroatoms. The Morgan fingerprint density at radius 1 is 1.38 bits per heavy atom. The second-order valence-corrected chi connectivity index (χ2v) is 3.25. The molecule has 0 rings (SSSR count). The predicted octanol–water partition coefficient (Wildman–Crippen LogP) is 2.10. The molecule has 0 aromatic carbocycles. The highest BCUT2D eigenvalue weighted by molar-refractivity contribution is 6.21. The van der Waals surface area contributed by atoms with Gasteiger partial charge in [0.05, 0.1) is 0 Å². The molecule has 0 bridgehead atoms. The molecule has 2 radical (unpaired) electrons. The summed E-state index contributed by atoms with van der Waals surface area (Å²) < 4.78 is 0. The summed E-state index contributed by atoms with van der Waals surface area (Å²) in [5, 5.41) is 0. The van der Waals surface area contributed by atoms with Crippen molar-refractivity contribution in [2.75, 3.05) is 0 Å². The van der Waals surface area contributed by atoms with Crippen LogP contribution in [0.5, 0.6) is 0 Å². The minimum Gasteiger partial charge on any atom is -0.124 e. The van der Waals surface area contributed by atoms with Crippen LogP contribution in [0.1, 0.15) is 27.7 Å². The van der Waals surface area contributed by atoms with Gasteiger partial charge in [0.25, 0.3) is 0 Å². The summed E-state index contributed by atoms with van der Waals surface area (Å²) in [5.74, 6) is 0. The van der Waals surface area contributed by atoms with Gasteiger partial charge >= 0.3 is 0 Å². The van der Waals surface area contributed by atoms with Crippen LogP contribution in [-0.4, -0.2) is 7.85 Å². The quantitative estimate of drug-likeness (QED) is 0.417. The highest BCUT2D eigenvalue weighted by Gasteiger charge is 2.02. The maximum absolute atomic E-state index is 5.44. The van der Waals surface area contributed by atoms with E-state index in [1.165, 1.54) is 0 Å². The first-order valence-electron chi connectivity index (χ1n) is 2.87. The third kappa shape index (κ3) is 5.80. The molecule has 0 fully saturated rings. The largest absolute Gasteiger partial charge is 0.124 e. The molecule has 0 aliphatic heterocycles. The maximum Gasteiger partial charge on any atom is 0.106 e. The van der Waals surface area contributed by atoms with E-state index in [9.17, 15) is 0 Å². The molecule has 0 spiro atoms. The van der Waals surface area contributed by atoms with E-state index in [-0.39, 0.29) is 5.41 Å². The summed E-state index contributed by atoms with van der Waals surface area (Å²) in [4.78, 5) is 0. The molecule has 0 nitrogen and oxygen atoms in total. The van der Waals surface area contributed by atoms with Gasteiger partial charge in [0.2, 0.25) is 0 Å². The van der Waals surface area contributed by atoms with Crippen molar-refractivity contribution in [1.29, 1.82) is 0 Å². The van der Waals surface area contributed by atoms with Crippen molar-refractivity contribution in [2.45, 2.75) is 27.7 Å². The summed E-state index contributed by atoms with van der Waals surface area (Å²) in [6, 6.07) is 0. The normalized spacial score (nSPS) is 14.2. The Bertz CT molecular complexity index is 91.4. The molecular formula is C7H13B. The molecule has 0 aromatic rings. The molecule has 0 aliphatic carbocycles. The average molecular weight is 108 g/mol. The Hall–Kier alpha value is -0.195. The van der Waals surface area contributed by atoms with Crippen LogP contribution in [0.3, 0.4) is 0 Å². The first-order valence-corrected chi connectivity index (χ1v) is 2.87. The SMILES string of the molecule is [B]/C(C)=C\C(C)(C)C. The molecule has 0 aromatic heterocycles. The van der Waals surface area contributed by atoms with Gasteiger partial charge in [0.15, 0.2) is 0 Å². The number of allylic oxidation sites excluding steroid dienone is 2. The fourth-order valence-corrected chi connectivity index (χ4v) is 0.683. The smallest absolute Gasteiger partial charge is 0.106 e. The number of hydrogen-bond donors (Lipinski definition) is 0. The Kier molecular flexibility index (Phi) is 2.33. The van der Waals surface area contributed by atoms with Crippen LogP contribution >= 0.6 is 0 Å². The molecule has 0 heterocycles. The van der Waals surface area contributed by atoms with Crippen molar-refractivity contribution in [3.63, 3.8) is 0 Å². The maximum atomic E-state index is 5.44. The fourth-order valence-electron chi connectivity index (χ4n) is 0.683. The minimum atomic E-state index is 0.235. The van der Waals surface area contributed by atoms with Crippen LogP contribution in [-0.2, 0) is 0 Å². The topological polar surface area (TPSA) is 0 Å². The van der Waals surface area contributed by atoms with E-state index in [1.807, 2.05) is 13.0 Å². The molecule has 0 saturated heterocycles. The lowest BCUT2D eigenvalue weighted by Gasteiger charge is -2.12. The number of hydrogen-bond acceptors (Lipinski definition) is 0. The van der Waals surface area contributed by atoms with Gasteiger partial charge in [-0.15, -0.1) is 5.47 Å². The average Bonchev–Trinajstić information content (AvgIpc) is 1.21. The Labute approximate surface area is 53.4 Å². The van der Waals surface area contributed by atoms with Gasteiger partial charge in [-0.1, -0.05) is 33.8 Å². The van der Waals surface area contributed by atoms with Crippen molar-refractivity contribution in [3.05, 3.63) is 11.5 Å². The summed E-state index contributed by atoms with van der Waals surface area (Å²) in [7, 11) is 5.44. The second kappa shape index (κ2) is 2.39. The van der Waals surface area contributed by atoms with Gasteiger partial charge < -0.3 is 0 Å². The lowest BCUT2D eigenvalue weighted by Crippen LogP contribution is -1.99. The van der Waals surface area contributed by atoms with Gasteiger partial charge in [-0.25, -0.2) is 0 Å². The molecule has 0 aliphatic rings. The zero-order valence-corrected chi connectivity index (χ0v) is 6.15. The Morgan fingerprint density at radius 2 is 1.75 bits per heavy atom. The van der Waals surface area contributed by atoms with Gasteiger partial charge in [0, 0.05) is 0 Å². The first kappa shape index (κ1) is 7.80. The van der Waals surface area contributed by atoms with E-state index in [1.54, 1.807) is 0 Å². The van der Waals surface area contributed by atoms with Crippen LogP contribution in [0.15, 0.2) is 11.5 Å². The van der Waals surface area contributed by atoms with Gasteiger partial charge in [-0.3, -0.25) is 0 Å². The predicted molar refractivity (Wildman–Crippen MR) is 39.0 cm³/mol. The second-order valence-electron chi connectivity index (χ2n) is 3.25. The minimum absolute atomic E-state index is 0.235. The highest BCUT2D eigenvalue weighted by Crippen LogP contribution is 2.15. The van der Waals surface area contributed by atoms with Crippen LogP contribution in [0.2, 0.25) is 0 Å². The van der Waals surface area contributed by atoms with Crippen LogP contribution in [0.25, 0.3) is 0 Å². The lowest BCUT2D eigenvalue weighted by molar-refractivity contribution is 0.542. The summed E-state index contributed by atoms with van der Waals surface area (Å²) in [5.41, 5.74) is 1.14. The van der Waals surface area contributed by atoms with E-state index < -0.39 is 0 Å². The molecule has 0 unspecified atom stereocenters. The molecule has 0 atom stereocenters.